The Morgan fingerprint density at radius 1 is 1.12 bits per heavy atom. The van der Waals surface area contributed by atoms with Crippen LogP contribution in [-0.4, -0.2) is 14.2 Å². The van der Waals surface area contributed by atoms with Crippen molar-refractivity contribution in [2.45, 2.75) is 25.7 Å². The summed E-state index contributed by atoms with van der Waals surface area (Å²) in [7, 11) is -3.51. The summed E-state index contributed by atoms with van der Waals surface area (Å²) in [5.74, 6) is -0.270. The number of hydrogen-bond donors (Lipinski definition) is 0. The molecule has 0 aliphatic rings. The molecule has 0 fully saturated rings. The second kappa shape index (κ2) is 4.61. The van der Waals surface area contributed by atoms with Crippen LogP contribution in [0.4, 0.5) is 0 Å². The highest BCUT2D eigenvalue weighted by Gasteiger charge is 2.16. The maximum atomic E-state index is 12.0. The summed E-state index contributed by atoms with van der Waals surface area (Å²) in [4.78, 5) is 11.1. The lowest BCUT2D eigenvalue weighted by molar-refractivity contribution is -0.112. The molecule has 4 heteroatoms. The summed E-state index contributed by atoms with van der Waals surface area (Å²) < 4.78 is 23.9. The zero-order chi connectivity index (χ0) is 12.3. The van der Waals surface area contributed by atoms with Crippen LogP contribution < -0.4 is 0 Å². The van der Waals surface area contributed by atoms with Gasteiger partial charge in [-0.1, -0.05) is 17.7 Å². The molecule has 1 rings (SSSR count). The predicted octanol–water partition coefficient (Wildman–Crippen LogP) is 2.26. The number of sulfone groups is 1. The Balaban J connectivity index is 3.22. The molecule has 0 N–H and O–H groups in total. The van der Waals surface area contributed by atoms with Crippen LogP contribution in [0.3, 0.4) is 0 Å². The van der Waals surface area contributed by atoms with E-state index >= 15 is 0 Å². The number of ketones is 1. The van der Waals surface area contributed by atoms with Crippen molar-refractivity contribution in [3.63, 3.8) is 0 Å². The third-order valence-electron chi connectivity index (χ3n) is 2.16. The number of aryl methyl sites for hydroxylation is 1. The van der Waals surface area contributed by atoms with Crippen LogP contribution >= 0.6 is 0 Å². The third kappa shape index (κ3) is 2.79. The molecule has 0 saturated heterocycles. The topological polar surface area (TPSA) is 51.2 Å². The molecular weight excluding hydrogens is 224 g/mol. The quantitative estimate of drug-likeness (QED) is 0.759. The number of allylic oxidation sites excluding steroid dienone is 2. The van der Waals surface area contributed by atoms with Gasteiger partial charge in [0.15, 0.2) is 5.78 Å². The van der Waals surface area contributed by atoms with Crippen LogP contribution in [0.5, 0.6) is 0 Å². The SMILES string of the molecule is CC(=O)/C=C(\C)S(=O)(=O)c1ccc(C)cc1. The molecule has 0 unspecified atom stereocenters. The first-order valence-corrected chi connectivity index (χ1v) is 6.33. The van der Waals surface area contributed by atoms with Crippen molar-refractivity contribution in [1.82, 2.24) is 0 Å². The summed E-state index contributed by atoms with van der Waals surface area (Å²) in [5, 5.41) is 0. The lowest BCUT2D eigenvalue weighted by atomic mass is 10.2. The summed E-state index contributed by atoms with van der Waals surface area (Å²) >= 11 is 0. The second-order valence-electron chi connectivity index (χ2n) is 3.68. The largest absolute Gasteiger partial charge is 0.295 e. The van der Waals surface area contributed by atoms with Gasteiger partial charge < -0.3 is 0 Å². The summed E-state index contributed by atoms with van der Waals surface area (Å²) in [6, 6.07) is 6.55. The molecule has 3 nitrogen and oxygen atoms in total. The minimum Gasteiger partial charge on any atom is -0.295 e. The normalized spacial score (nSPS) is 12.6. The Kier molecular flexibility index (Phi) is 3.65. The number of benzene rings is 1. The molecule has 0 heterocycles. The molecule has 16 heavy (non-hydrogen) atoms. The molecule has 0 radical (unpaired) electrons. The Hall–Kier alpha value is -1.42. The van der Waals surface area contributed by atoms with Crippen LogP contribution in [0.15, 0.2) is 40.1 Å². The monoisotopic (exact) mass is 238 g/mol. The first-order valence-electron chi connectivity index (χ1n) is 4.84. The van der Waals surface area contributed by atoms with E-state index in [4.69, 9.17) is 0 Å². The molecule has 0 aliphatic carbocycles. The van der Waals surface area contributed by atoms with Crippen LogP contribution in [-0.2, 0) is 14.6 Å². The van der Waals surface area contributed by atoms with Gasteiger partial charge in [-0.2, -0.15) is 0 Å². The molecule has 0 spiro atoms. The van der Waals surface area contributed by atoms with Crippen molar-refractivity contribution in [2.75, 3.05) is 0 Å². The summed E-state index contributed by atoms with van der Waals surface area (Å²) in [5.41, 5.74) is 0.993. The zero-order valence-electron chi connectivity index (χ0n) is 9.52. The number of hydrogen-bond acceptors (Lipinski definition) is 3. The molecule has 0 atom stereocenters. The fourth-order valence-corrected chi connectivity index (χ4v) is 2.45. The van der Waals surface area contributed by atoms with Gasteiger partial charge in [-0.25, -0.2) is 8.42 Å². The van der Waals surface area contributed by atoms with E-state index in [0.717, 1.165) is 11.6 Å². The van der Waals surface area contributed by atoms with E-state index in [1.165, 1.54) is 13.8 Å². The smallest absolute Gasteiger partial charge is 0.202 e. The second-order valence-corrected chi connectivity index (χ2v) is 5.80. The first-order chi connectivity index (χ1) is 7.34. The van der Waals surface area contributed by atoms with Crippen molar-refractivity contribution in [3.05, 3.63) is 40.8 Å². The molecule has 1 aromatic carbocycles. The lowest BCUT2D eigenvalue weighted by Crippen LogP contribution is -2.03. The Morgan fingerprint density at radius 2 is 1.62 bits per heavy atom. The molecule has 0 aliphatic heterocycles. The molecule has 0 aromatic heterocycles. The highest BCUT2D eigenvalue weighted by molar-refractivity contribution is 7.95. The van der Waals surface area contributed by atoms with Gasteiger partial charge in [0.25, 0.3) is 0 Å². The standard InChI is InChI=1S/C12H14O3S/c1-9-4-6-12(7-5-9)16(14,15)11(3)8-10(2)13/h4-8H,1-3H3/b11-8+. The highest BCUT2D eigenvalue weighted by Crippen LogP contribution is 2.19. The fraction of sp³-hybridized carbons (Fsp3) is 0.250. The first kappa shape index (κ1) is 12.6. The highest BCUT2D eigenvalue weighted by atomic mass is 32.2. The van der Waals surface area contributed by atoms with Gasteiger partial charge in [-0.15, -0.1) is 0 Å². The van der Waals surface area contributed by atoms with Gasteiger partial charge in [0.05, 0.1) is 4.90 Å². The van der Waals surface area contributed by atoms with E-state index in [1.807, 2.05) is 6.92 Å². The summed E-state index contributed by atoms with van der Waals surface area (Å²) in [6.07, 6.45) is 1.13. The van der Waals surface area contributed by atoms with Gasteiger partial charge >= 0.3 is 0 Å². The van der Waals surface area contributed by atoms with Gasteiger partial charge in [0.2, 0.25) is 9.84 Å². The van der Waals surface area contributed by atoms with E-state index in [-0.39, 0.29) is 15.6 Å². The Morgan fingerprint density at radius 3 is 2.06 bits per heavy atom. The average Bonchev–Trinajstić information content (AvgIpc) is 2.17. The maximum absolute atomic E-state index is 12.0. The van der Waals surface area contributed by atoms with E-state index in [9.17, 15) is 13.2 Å². The van der Waals surface area contributed by atoms with Crippen LogP contribution in [0.25, 0.3) is 0 Å². The summed E-state index contributed by atoms with van der Waals surface area (Å²) in [6.45, 7) is 4.64. The van der Waals surface area contributed by atoms with Crippen molar-refractivity contribution >= 4 is 15.6 Å². The fourth-order valence-electron chi connectivity index (χ4n) is 1.27. The maximum Gasteiger partial charge on any atom is 0.202 e. The Labute approximate surface area is 95.7 Å². The number of carbonyl (C=O) groups is 1. The van der Waals surface area contributed by atoms with Crippen LogP contribution in [0.2, 0.25) is 0 Å². The molecule has 0 bridgehead atoms. The molecule has 0 amide bonds. The van der Waals surface area contributed by atoms with Crippen LogP contribution in [0.1, 0.15) is 19.4 Å². The van der Waals surface area contributed by atoms with Gasteiger partial charge in [-0.05, 0) is 39.0 Å². The minimum absolute atomic E-state index is 0.0730. The van der Waals surface area contributed by atoms with Gasteiger partial charge in [-0.3, -0.25) is 4.79 Å². The molecule has 86 valence electrons. The van der Waals surface area contributed by atoms with Crippen molar-refractivity contribution in [1.29, 1.82) is 0 Å². The molecular formula is C12H14O3S. The predicted molar refractivity (Wildman–Crippen MR) is 62.8 cm³/mol. The van der Waals surface area contributed by atoms with E-state index in [1.54, 1.807) is 24.3 Å². The van der Waals surface area contributed by atoms with Crippen LogP contribution in [0, 0.1) is 6.92 Å². The Bertz CT molecular complexity index is 522. The molecule has 0 saturated carbocycles. The average molecular weight is 238 g/mol. The minimum atomic E-state index is -3.51. The van der Waals surface area contributed by atoms with E-state index < -0.39 is 9.84 Å². The number of rotatable bonds is 3. The van der Waals surface area contributed by atoms with Crippen molar-refractivity contribution < 1.29 is 13.2 Å². The van der Waals surface area contributed by atoms with Gasteiger partial charge in [0, 0.05) is 4.91 Å². The third-order valence-corrected chi connectivity index (χ3v) is 4.02. The van der Waals surface area contributed by atoms with Gasteiger partial charge in [0.1, 0.15) is 0 Å². The lowest BCUT2D eigenvalue weighted by Gasteiger charge is -2.04. The van der Waals surface area contributed by atoms with E-state index in [0.29, 0.717) is 0 Å². The van der Waals surface area contributed by atoms with Crippen molar-refractivity contribution in [2.24, 2.45) is 0 Å². The molecule has 1 aromatic rings. The van der Waals surface area contributed by atoms with E-state index in [2.05, 4.69) is 0 Å². The number of carbonyl (C=O) groups excluding carboxylic acids is 1. The van der Waals surface area contributed by atoms with Crippen molar-refractivity contribution in [3.8, 4) is 0 Å². The zero-order valence-corrected chi connectivity index (χ0v) is 10.3.